The van der Waals surface area contributed by atoms with Crippen molar-refractivity contribution in [3.05, 3.63) is 60.3 Å². The molecule has 0 saturated carbocycles. The number of hydrogen-bond acceptors (Lipinski definition) is 10. The molecule has 1 amide bonds. The average Bonchev–Trinajstić information content (AvgIpc) is 3.51. The van der Waals surface area contributed by atoms with E-state index in [1.54, 1.807) is 19.2 Å². The van der Waals surface area contributed by atoms with E-state index in [2.05, 4.69) is 33.7 Å². The van der Waals surface area contributed by atoms with Gasteiger partial charge < -0.3 is 33.2 Å². The van der Waals surface area contributed by atoms with Crippen LogP contribution in [0.4, 0.5) is 10.2 Å². The van der Waals surface area contributed by atoms with Crippen LogP contribution < -0.4 is 24.2 Å². The highest BCUT2D eigenvalue weighted by atomic mass is 32.2. The quantitative estimate of drug-likeness (QED) is 0.199. The first-order valence-corrected chi connectivity index (χ1v) is 11.6. The smallest absolute Gasteiger partial charge is 0.399 e. The van der Waals surface area contributed by atoms with E-state index in [0.29, 0.717) is 28.3 Å². The maximum absolute atomic E-state index is 12.8. The number of carbonyl (C=O) groups is 1. The molecule has 12 heteroatoms. The first-order chi connectivity index (χ1) is 17.4. The molecule has 0 fully saturated rings. The average molecular weight is 515 g/mol. The zero-order valence-electron chi connectivity index (χ0n) is 19.7. The van der Waals surface area contributed by atoms with Crippen LogP contribution in [-0.2, 0) is 17.8 Å². The number of oxazole rings is 1. The van der Waals surface area contributed by atoms with Gasteiger partial charge in [-0.1, -0.05) is 24.7 Å². The second-order valence-electron chi connectivity index (χ2n) is 7.35. The molecular weight excluding hydrogens is 491 g/mol. The zero-order chi connectivity index (χ0) is 25.7. The van der Waals surface area contributed by atoms with Crippen molar-refractivity contribution in [3.8, 4) is 23.3 Å². The van der Waals surface area contributed by atoms with Crippen molar-refractivity contribution < 1.29 is 32.3 Å². The van der Waals surface area contributed by atoms with E-state index in [-0.39, 0.29) is 18.4 Å². The number of hydrogen-bond donors (Lipinski definition) is 2. The third-order valence-electron chi connectivity index (χ3n) is 5.03. The minimum atomic E-state index is -1.10. The molecule has 0 aliphatic heterocycles. The van der Waals surface area contributed by atoms with E-state index in [4.69, 9.17) is 23.2 Å². The SMILES string of the molecule is C=C(F)C(=O)NCc1cnc(Oc2cc(OC)c3c(NSc4cc(CC)ccc4OC)noc3c2)o1. The van der Waals surface area contributed by atoms with Gasteiger partial charge in [0.1, 0.15) is 28.4 Å². The molecule has 2 heterocycles. The monoisotopic (exact) mass is 514 g/mol. The summed E-state index contributed by atoms with van der Waals surface area (Å²) in [6.07, 6.45) is 2.16. The molecule has 0 saturated heterocycles. The fourth-order valence-corrected chi connectivity index (χ4v) is 4.02. The molecule has 4 aromatic rings. The molecule has 0 aliphatic rings. The van der Waals surface area contributed by atoms with Crippen molar-refractivity contribution in [1.29, 1.82) is 0 Å². The molecule has 0 unspecified atom stereocenters. The number of benzene rings is 2. The standard InChI is InChI=1S/C24H23FN4O6S/c1-5-14-6-7-17(31-3)20(8-14)36-29-22-21-18(32-4)9-15(10-19(21)35-28-22)33-24-27-12-16(34-24)11-26-23(30)13(2)25/h6-10,12H,2,5,11H2,1,3-4H3,(H,26,30)(H,28,29). The molecule has 2 aromatic carbocycles. The van der Waals surface area contributed by atoms with Crippen LogP contribution in [0.25, 0.3) is 11.0 Å². The second-order valence-corrected chi connectivity index (χ2v) is 8.20. The Morgan fingerprint density at radius 2 is 2.00 bits per heavy atom. The van der Waals surface area contributed by atoms with E-state index in [1.165, 1.54) is 30.8 Å². The lowest BCUT2D eigenvalue weighted by molar-refractivity contribution is -0.119. The van der Waals surface area contributed by atoms with E-state index in [1.807, 2.05) is 18.2 Å². The summed E-state index contributed by atoms with van der Waals surface area (Å²) in [5.41, 5.74) is 1.58. The second kappa shape index (κ2) is 11.0. The Morgan fingerprint density at radius 3 is 2.72 bits per heavy atom. The lowest BCUT2D eigenvalue weighted by atomic mass is 10.2. The van der Waals surface area contributed by atoms with Crippen LogP contribution in [-0.4, -0.2) is 30.3 Å². The van der Waals surface area contributed by atoms with Gasteiger partial charge in [0.25, 0.3) is 5.91 Å². The molecule has 36 heavy (non-hydrogen) atoms. The number of carbonyl (C=O) groups excluding carboxylic acids is 1. The summed E-state index contributed by atoms with van der Waals surface area (Å²) in [6.45, 7) is 4.93. The number of aromatic nitrogens is 2. The van der Waals surface area contributed by atoms with Crippen LogP contribution in [0.5, 0.6) is 23.3 Å². The third-order valence-corrected chi connectivity index (χ3v) is 5.87. The third kappa shape index (κ3) is 5.54. The number of aryl methyl sites for hydroxylation is 1. The molecule has 2 aromatic heterocycles. The van der Waals surface area contributed by atoms with E-state index in [0.717, 1.165) is 17.1 Å². The Labute approximate surface area is 209 Å². The molecule has 0 aliphatic carbocycles. The molecule has 0 atom stereocenters. The van der Waals surface area contributed by atoms with Gasteiger partial charge in [-0.3, -0.25) is 4.79 Å². The maximum Gasteiger partial charge on any atom is 0.399 e. The van der Waals surface area contributed by atoms with Gasteiger partial charge in [0, 0.05) is 12.1 Å². The molecule has 10 nitrogen and oxygen atoms in total. The number of amides is 1. The van der Waals surface area contributed by atoms with Gasteiger partial charge in [0.15, 0.2) is 17.2 Å². The Bertz CT molecular complexity index is 1400. The summed E-state index contributed by atoms with van der Waals surface area (Å²) in [6, 6.07) is 9.23. The molecule has 4 rings (SSSR count). The minimum absolute atomic E-state index is 0.0821. The number of methoxy groups -OCH3 is 2. The Hall–Kier alpha value is -4.19. The molecule has 2 N–H and O–H groups in total. The van der Waals surface area contributed by atoms with E-state index < -0.39 is 11.7 Å². The number of nitrogens with one attached hydrogen (secondary N) is 2. The Kier molecular flexibility index (Phi) is 7.64. The predicted octanol–water partition coefficient (Wildman–Crippen LogP) is 5.41. The summed E-state index contributed by atoms with van der Waals surface area (Å²) in [7, 11) is 3.13. The minimum Gasteiger partial charge on any atom is -0.496 e. The Balaban J connectivity index is 1.50. The number of ether oxygens (including phenoxy) is 3. The van der Waals surface area contributed by atoms with Crippen molar-refractivity contribution in [3.63, 3.8) is 0 Å². The van der Waals surface area contributed by atoms with Gasteiger partial charge in [-0.2, -0.15) is 4.98 Å². The van der Waals surface area contributed by atoms with Crippen molar-refractivity contribution in [2.45, 2.75) is 24.8 Å². The first kappa shape index (κ1) is 24.9. The molecule has 0 radical (unpaired) electrons. The van der Waals surface area contributed by atoms with Crippen LogP contribution in [0, 0.1) is 0 Å². The van der Waals surface area contributed by atoms with Gasteiger partial charge in [-0.05, 0) is 36.1 Å². The summed E-state index contributed by atoms with van der Waals surface area (Å²) in [4.78, 5) is 16.2. The number of anilines is 1. The lowest BCUT2D eigenvalue weighted by Crippen LogP contribution is -2.22. The summed E-state index contributed by atoms with van der Waals surface area (Å²) >= 11 is 1.34. The van der Waals surface area contributed by atoms with Crippen LogP contribution in [0.15, 0.2) is 62.8 Å². The normalized spacial score (nSPS) is 10.8. The molecule has 188 valence electrons. The largest absolute Gasteiger partial charge is 0.496 e. The van der Waals surface area contributed by atoms with Gasteiger partial charge >= 0.3 is 6.08 Å². The van der Waals surface area contributed by atoms with Crippen LogP contribution in [0.3, 0.4) is 0 Å². The summed E-state index contributed by atoms with van der Waals surface area (Å²) in [5, 5.41) is 7.04. The van der Waals surface area contributed by atoms with E-state index >= 15 is 0 Å². The van der Waals surface area contributed by atoms with Crippen LogP contribution in [0.1, 0.15) is 18.2 Å². The highest BCUT2D eigenvalue weighted by molar-refractivity contribution is 8.00. The molecule has 0 spiro atoms. The number of nitrogens with zero attached hydrogens (tertiary/aromatic N) is 2. The summed E-state index contributed by atoms with van der Waals surface area (Å²) in [5.74, 6) is 0.194. The lowest BCUT2D eigenvalue weighted by Gasteiger charge is -2.10. The van der Waals surface area contributed by atoms with Crippen molar-refractivity contribution in [1.82, 2.24) is 15.5 Å². The number of rotatable bonds is 11. The van der Waals surface area contributed by atoms with Crippen LogP contribution in [0.2, 0.25) is 0 Å². The fourth-order valence-electron chi connectivity index (χ4n) is 3.21. The Morgan fingerprint density at radius 1 is 1.19 bits per heavy atom. The van der Waals surface area contributed by atoms with Crippen molar-refractivity contribution in [2.75, 3.05) is 18.9 Å². The van der Waals surface area contributed by atoms with Gasteiger partial charge in [0.2, 0.25) is 0 Å². The highest BCUT2D eigenvalue weighted by Gasteiger charge is 2.18. The summed E-state index contributed by atoms with van der Waals surface area (Å²) < 4.78 is 43.5. The first-order valence-electron chi connectivity index (χ1n) is 10.7. The maximum atomic E-state index is 12.8. The van der Waals surface area contributed by atoms with E-state index in [9.17, 15) is 9.18 Å². The topological polar surface area (TPSA) is 121 Å². The van der Waals surface area contributed by atoms with Gasteiger partial charge in [-0.25, -0.2) is 4.39 Å². The van der Waals surface area contributed by atoms with Crippen molar-refractivity contribution >= 4 is 34.6 Å². The number of halogens is 1. The van der Waals surface area contributed by atoms with Gasteiger partial charge in [-0.15, -0.1) is 0 Å². The number of fused-ring (bicyclic) bond motifs is 1. The fraction of sp³-hybridized carbons (Fsp3) is 0.208. The highest BCUT2D eigenvalue weighted by Crippen LogP contribution is 2.40. The predicted molar refractivity (Wildman–Crippen MR) is 131 cm³/mol. The van der Waals surface area contributed by atoms with Gasteiger partial charge in [0.05, 0.1) is 31.9 Å². The molecule has 0 bridgehead atoms. The molecular formula is C24H23FN4O6S. The van der Waals surface area contributed by atoms with Crippen molar-refractivity contribution in [2.24, 2.45) is 0 Å². The zero-order valence-corrected chi connectivity index (χ0v) is 20.5. The van der Waals surface area contributed by atoms with Crippen LogP contribution >= 0.6 is 11.9 Å².